The number of hydrogen-bond donors (Lipinski definition) is 2. The summed E-state index contributed by atoms with van der Waals surface area (Å²) >= 11 is 0. The summed E-state index contributed by atoms with van der Waals surface area (Å²) in [6.07, 6.45) is 0. The van der Waals surface area contributed by atoms with E-state index >= 15 is 0 Å². The predicted octanol–water partition coefficient (Wildman–Crippen LogP) is 2.34. The van der Waals surface area contributed by atoms with Gasteiger partial charge in [-0.3, -0.25) is 0 Å². The zero-order valence-electron chi connectivity index (χ0n) is 12.6. The van der Waals surface area contributed by atoms with Crippen molar-refractivity contribution in [1.82, 2.24) is 10.0 Å². The van der Waals surface area contributed by atoms with Gasteiger partial charge in [0.05, 0.1) is 4.90 Å². The van der Waals surface area contributed by atoms with Crippen LogP contribution in [-0.4, -0.2) is 21.5 Å². The van der Waals surface area contributed by atoms with Gasteiger partial charge in [0, 0.05) is 25.2 Å². The van der Waals surface area contributed by atoms with Crippen LogP contribution in [0.2, 0.25) is 0 Å². The molecule has 0 heterocycles. The van der Waals surface area contributed by atoms with Gasteiger partial charge in [0.25, 0.3) is 0 Å². The molecule has 0 aliphatic heterocycles. The number of aryl methyl sites for hydroxylation is 1. The SMILES string of the molecule is Cc1ccc(S(=O)(=O)NCCNCc2cc(F)ccc2F)cc1. The Hall–Kier alpha value is -1.83. The lowest BCUT2D eigenvalue weighted by Gasteiger charge is -2.09. The van der Waals surface area contributed by atoms with E-state index in [-0.39, 0.29) is 23.5 Å². The van der Waals surface area contributed by atoms with E-state index in [2.05, 4.69) is 10.0 Å². The molecule has 0 unspecified atom stereocenters. The Morgan fingerprint density at radius 3 is 2.39 bits per heavy atom. The van der Waals surface area contributed by atoms with Gasteiger partial charge in [-0.15, -0.1) is 0 Å². The fourth-order valence-electron chi connectivity index (χ4n) is 1.98. The second-order valence-electron chi connectivity index (χ2n) is 5.12. The molecule has 0 spiro atoms. The lowest BCUT2D eigenvalue weighted by atomic mass is 10.2. The summed E-state index contributed by atoms with van der Waals surface area (Å²) in [5.74, 6) is -1.01. The first-order chi connectivity index (χ1) is 10.9. The Morgan fingerprint density at radius 1 is 1.00 bits per heavy atom. The lowest BCUT2D eigenvalue weighted by molar-refractivity contribution is 0.561. The van der Waals surface area contributed by atoms with Crippen molar-refractivity contribution in [2.75, 3.05) is 13.1 Å². The molecule has 0 fully saturated rings. The third-order valence-corrected chi connectivity index (χ3v) is 4.73. The number of nitrogens with one attached hydrogen (secondary N) is 2. The third-order valence-electron chi connectivity index (χ3n) is 3.25. The van der Waals surface area contributed by atoms with Crippen molar-refractivity contribution in [2.24, 2.45) is 0 Å². The molecule has 0 radical (unpaired) electrons. The van der Waals surface area contributed by atoms with Crippen LogP contribution < -0.4 is 10.0 Å². The van der Waals surface area contributed by atoms with Crippen LogP contribution in [0.4, 0.5) is 8.78 Å². The van der Waals surface area contributed by atoms with Crippen LogP contribution in [0, 0.1) is 18.6 Å². The summed E-state index contributed by atoms with van der Waals surface area (Å²) in [5.41, 5.74) is 1.18. The van der Waals surface area contributed by atoms with Crippen molar-refractivity contribution >= 4 is 10.0 Å². The van der Waals surface area contributed by atoms with Gasteiger partial charge in [0.1, 0.15) is 11.6 Å². The van der Waals surface area contributed by atoms with Crippen LogP contribution in [0.3, 0.4) is 0 Å². The van der Waals surface area contributed by atoms with E-state index in [0.29, 0.717) is 6.54 Å². The first-order valence-electron chi connectivity index (χ1n) is 7.09. The molecule has 0 aliphatic rings. The molecular formula is C16H18F2N2O2S. The van der Waals surface area contributed by atoms with Crippen molar-refractivity contribution in [3.05, 3.63) is 65.2 Å². The second-order valence-corrected chi connectivity index (χ2v) is 6.89. The quantitative estimate of drug-likeness (QED) is 0.761. The molecule has 2 aromatic carbocycles. The van der Waals surface area contributed by atoms with Crippen molar-refractivity contribution in [1.29, 1.82) is 0 Å². The summed E-state index contributed by atoms with van der Waals surface area (Å²) in [6.45, 7) is 2.43. The van der Waals surface area contributed by atoms with Gasteiger partial charge in [-0.1, -0.05) is 17.7 Å². The van der Waals surface area contributed by atoms with Crippen LogP contribution in [-0.2, 0) is 16.6 Å². The molecule has 0 atom stereocenters. The maximum atomic E-state index is 13.4. The summed E-state index contributed by atoms with van der Waals surface area (Å²) in [7, 11) is -3.56. The zero-order valence-corrected chi connectivity index (χ0v) is 13.5. The highest BCUT2D eigenvalue weighted by molar-refractivity contribution is 7.89. The third kappa shape index (κ3) is 5.09. The molecule has 0 amide bonds. The topological polar surface area (TPSA) is 58.2 Å². The van der Waals surface area contributed by atoms with Crippen molar-refractivity contribution in [3.63, 3.8) is 0 Å². The molecule has 4 nitrogen and oxygen atoms in total. The van der Waals surface area contributed by atoms with Gasteiger partial charge in [0.2, 0.25) is 10.0 Å². The van der Waals surface area contributed by atoms with E-state index < -0.39 is 21.7 Å². The molecule has 0 bridgehead atoms. The van der Waals surface area contributed by atoms with Crippen LogP contribution in [0.25, 0.3) is 0 Å². The summed E-state index contributed by atoms with van der Waals surface area (Å²) < 4.78 is 52.9. The van der Waals surface area contributed by atoms with Gasteiger partial charge in [0.15, 0.2) is 0 Å². The number of benzene rings is 2. The standard InChI is InChI=1S/C16H18F2N2O2S/c1-12-2-5-15(6-3-12)23(21,22)20-9-8-19-11-13-10-14(17)4-7-16(13)18/h2-7,10,19-20H,8-9,11H2,1H3. The van der Waals surface area contributed by atoms with E-state index in [9.17, 15) is 17.2 Å². The van der Waals surface area contributed by atoms with Crippen LogP contribution in [0.15, 0.2) is 47.4 Å². The second kappa shape index (κ2) is 7.63. The maximum absolute atomic E-state index is 13.4. The molecule has 2 aromatic rings. The van der Waals surface area contributed by atoms with Crippen LogP contribution in [0.1, 0.15) is 11.1 Å². The highest BCUT2D eigenvalue weighted by Gasteiger charge is 2.12. The van der Waals surface area contributed by atoms with E-state index in [0.717, 1.165) is 23.8 Å². The molecular weight excluding hydrogens is 322 g/mol. The fraction of sp³-hybridized carbons (Fsp3) is 0.250. The number of halogens is 2. The van der Waals surface area contributed by atoms with Gasteiger partial charge in [-0.2, -0.15) is 0 Å². The molecule has 124 valence electrons. The molecule has 7 heteroatoms. The average Bonchev–Trinajstić information content (AvgIpc) is 2.50. The van der Waals surface area contributed by atoms with Crippen molar-refractivity contribution < 1.29 is 17.2 Å². The summed E-state index contributed by atoms with van der Waals surface area (Å²) in [5, 5.41) is 2.87. The molecule has 2 N–H and O–H groups in total. The van der Waals surface area contributed by atoms with Crippen LogP contribution in [0.5, 0.6) is 0 Å². The van der Waals surface area contributed by atoms with E-state index in [4.69, 9.17) is 0 Å². The Bertz CT molecular complexity index is 762. The summed E-state index contributed by atoms with van der Waals surface area (Å²) in [6, 6.07) is 9.74. The number of rotatable bonds is 7. The highest BCUT2D eigenvalue weighted by atomic mass is 32.2. The molecule has 23 heavy (non-hydrogen) atoms. The normalized spacial score (nSPS) is 11.6. The number of sulfonamides is 1. The minimum absolute atomic E-state index is 0.121. The van der Waals surface area contributed by atoms with Crippen molar-refractivity contribution in [2.45, 2.75) is 18.4 Å². The smallest absolute Gasteiger partial charge is 0.240 e. The Kier molecular flexibility index (Phi) is 5.81. The molecule has 0 saturated carbocycles. The Labute approximate surface area is 134 Å². The average molecular weight is 340 g/mol. The van der Waals surface area contributed by atoms with Gasteiger partial charge in [-0.05, 0) is 37.3 Å². The van der Waals surface area contributed by atoms with Gasteiger partial charge < -0.3 is 5.32 Å². The molecule has 0 saturated heterocycles. The van der Waals surface area contributed by atoms with Gasteiger partial charge in [-0.25, -0.2) is 21.9 Å². The minimum atomic E-state index is -3.56. The largest absolute Gasteiger partial charge is 0.311 e. The fourth-order valence-corrected chi connectivity index (χ4v) is 3.01. The van der Waals surface area contributed by atoms with E-state index in [1.807, 2.05) is 6.92 Å². The van der Waals surface area contributed by atoms with E-state index in [1.54, 1.807) is 12.1 Å². The molecule has 0 aliphatic carbocycles. The Balaban J connectivity index is 1.81. The maximum Gasteiger partial charge on any atom is 0.240 e. The Morgan fingerprint density at radius 2 is 1.70 bits per heavy atom. The highest BCUT2D eigenvalue weighted by Crippen LogP contribution is 2.10. The minimum Gasteiger partial charge on any atom is -0.311 e. The summed E-state index contributed by atoms with van der Waals surface area (Å²) in [4.78, 5) is 0.194. The monoisotopic (exact) mass is 340 g/mol. The number of hydrogen-bond acceptors (Lipinski definition) is 3. The molecule has 2 rings (SSSR count). The first kappa shape index (κ1) is 17.5. The first-order valence-corrected chi connectivity index (χ1v) is 8.58. The lowest BCUT2D eigenvalue weighted by Crippen LogP contribution is -2.31. The van der Waals surface area contributed by atoms with Crippen LogP contribution >= 0.6 is 0 Å². The predicted molar refractivity (Wildman–Crippen MR) is 84.4 cm³/mol. The zero-order chi connectivity index (χ0) is 16.9. The van der Waals surface area contributed by atoms with Gasteiger partial charge >= 0.3 is 0 Å². The molecule has 0 aromatic heterocycles. The van der Waals surface area contributed by atoms with E-state index in [1.165, 1.54) is 12.1 Å². The van der Waals surface area contributed by atoms with Crippen molar-refractivity contribution in [3.8, 4) is 0 Å².